The van der Waals surface area contributed by atoms with Gasteiger partial charge in [-0.2, -0.15) is 0 Å². The first-order valence-corrected chi connectivity index (χ1v) is 9.09. The molecule has 3 rings (SSSR count). The summed E-state index contributed by atoms with van der Waals surface area (Å²) in [6, 6.07) is 8.47. The third-order valence-corrected chi connectivity index (χ3v) is 4.75. The molecule has 1 aromatic carbocycles. The molecular weight excluding hydrogens is 351 g/mol. The summed E-state index contributed by atoms with van der Waals surface area (Å²) in [5, 5.41) is 15.9. The molecule has 2 aromatic rings. The lowest BCUT2D eigenvalue weighted by molar-refractivity contribution is -0.118. The quantitative estimate of drug-likeness (QED) is 0.764. The van der Waals surface area contributed by atoms with Crippen molar-refractivity contribution in [2.45, 2.75) is 25.9 Å². The number of nitrogens with zero attached hydrogens (tertiary/aromatic N) is 3. The van der Waals surface area contributed by atoms with Crippen molar-refractivity contribution in [3.63, 3.8) is 0 Å². The number of halogens is 1. The number of hydrogen-bond acceptors (Lipinski definition) is 6. The minimum Gasteiger partial charge on any atom is -0.396 e. The number of rotatable bonds is 7. The first kappa shape index (κ1) is 19.5. The summed E-state index contributed by atoms with van der Waals surface area (Å²) in [5.41, 5.74) is 0.646. The molecule has 2 N–H and O–H groups in total. The fraction of sp³-hybridized carbons (Fsp3) is 0.474. The van der Waals surface area contributed by atoms with Gasteiger partial charge in [-0.15, -0.1) is 0 Å². The van der Waals surface area contributed by atoms with Crippen molar-refractivity contribution in [1.82, 2.24) is 15.0 Å². The summed E-state index contributed by atoms with van der Waals surface area (Å²) in [6.45, 7) is 4.59. The monoisotopic (exact) mass is 376 g/mol. The molecule has 0 spiro atoms. The number of aliphatic hydroxyl groups excluding tert-OH is 1. The second-order valence-electron chi connectivity index (χ2n) is 6.83. The van der Waals surface area contributed by atoms with Crippen molar-refractivity contribution in [2.75, 3.05) is 38.1 Å². The van der Waals surface area contributed by atoms with Crippen LogP contribution in [0.25, 0.3) is 0 Å². The number of hydrogen-bond donors (Lipinski definition) is 2. The minimum absolute atomic E-state index is 0.0523. The van der Waals surface area contributed by atoms with Crippen LogP contribution in [-0.2, 0) is 11.3 Å². The molecule has 1 saturated heterocycles. The normalized spacial score (nSPS) is 18.6. The number of benzene rings is 1. The molecule has 146 valence electrons. The van der Waals surface area contributed by atoms with E-state index in [1.807, 2.05) is 11.0 Å². The number of anilines is 1. The third-order valence-electron chi connectivity index (χ3n) is 4.75. The Morgan fingerprint density at radius 1 is 1.41 bits per heavy atom. The van der Waals surface area contributed by atoms with Crippen LogP contribution >= 0.6 is 0 Å². The van der Waals surface area contributed by atoms with Gasteiger partial charge in [-0.3, -0.25) is 14.6 Å². The molecule has 1 fully saturated rings. The molecule has 0 unspecified atom stereocenters. The zero-order valence-corrected chi connectivity index (χ0v) is 15.4. The maximum absolute atomic E-state index is 14.0. The highest BCUT2D eigenvalue weighted by molar-refractivity contribution is 5.91. The topological polar surface area (TPSA) is 81.8 Å². The predicted molar refractivity (Wildman–Crippen MR) is 98.6 cm³/mol. The third kappa shape index (κ3) is 5.35. The fourth-order valence-corrected chi connectivity index (χ4v) is 3.39. The molecule has 7 nitrogen and oxygen atoms in total. The van der Waals surface area contributed by atoms with E-state index in [2.05, 4.69) is 15.4 Å². The molecule has 0 saturated carbocycles. The van der Waals surface area contributed by atoms with Gasteiger partial charge >= 0.3 is 0 Å². The van der Waals surface area contributed by atoms with Crippen LogP contribution in [0.1, 0.15) is 17.7 Å². The van der Waals surface area contributed by atoms with Crippen LogP contribution in [0, 0.1) is 12.7 Å². The lowest BCUT2D eigenvalue weighted by atomic mass is 10.1. The standard InChI is InChI=1S/C19H25FN4O3/c1-14-10-18(22-27-14)21-19(26)13-23-7-8-24(16(12-23)6-9-25)11-15-4-2-3-5-17(15)20/h2-5,10,16,25H,6-9,11-13H2,1H3,(H,21,22,26)/t16-/m1/s1. The molecule has 1 aliphatic heterocycles. The lowest BCUT2D eigenvalue weighted by Crippen LogP contribution is -2.54. The van der Waals surface area contributed by atoms with Crippen molar-refractivity contribution in [3.8, 4) is 0 Å². The lowest BCUT2D eigenvalue weighted by Gasteiger charge is -2.41. The van der Waals surface area contributed by atoms with Crippen molar-refractivity contribution >= 4 is 11.7 Å². The number of carbonyl (C=O) groups is 1. The molecule has 0 radical (unpaired) electrons. The summed E-state index contributed by atoms with van der Waals surface area (Å²) in [4.78, 5) is 16.4. The molecule has 0 bridgehead atoms. The van der Waals surface area contributed by atoms with Gasteiger partial charge in [-0.05, 0) is 19.4 Å². The van der Waals surface area contributed by atoms with E-state index < -0.39 is 0 Å². The second kappa shape index (κ2) is 9.07. The average Bonchev–Trinajstić information content (AvgIpc) is 3.04. The predicted octanol–water partition coefficient (Wildman–Crippen LogP) is 1.63. The molecule has 2 heterocycles. The Morgan fingerprint density at radius 3 is 2.93 bits per heavy atom. The van der Waals surface area contributed by atoms with Crippen molar-refractivity contribution in [2.24, 2.45) is 0 Å². The highest BCUT2D eigenvalue weighted by atomic mass is 19.1. The number of aryl methyl sites for hydroxylation is 1. The maximum Gasteiger partial charge on any atom is 0.239 e. The first-order valence-electron chi connectivity index (χ1n) is 9.09. The molecule has 1 aliphatic rings. The molecule has 8 heteroatoms. The Kier molecular flexibility index (Phi) is 6.54. The van der Waals surface area contributed by atoms with Crippen molar-refractivity contribution in [3.05, 3.63) is 47.5 Å². The van der Waals surface area contributed by atoms with E-state index in [-0.39, 0.29) is 30.9 Å². The van der Waals surface area contributed by atoms with Gasteiger partial charge in [-0.25, -0.2) is 4.39 Å². The first-order chi connectivity index (χ1) is 13.0. The number of carbonyl (C=O) groups excluding carboxylic acids is 1. The SMILES string of the molecule is Cc1cc(NC(=O)CN2CCN(Cc3ccccc3F)[C@H](CCO)C2)no1. The van der Waals surface area contributed by atoms with Gasteiger partial charge in [-0.1, -0.05) is 23.4 Å². The van der Waals surface area contributed by atoms with Gasteiger partial charge in [0.05, 0.1) is 6.54 Å². The molecule has 0 aliphatic carbocycles. The van der Waals surface area contributed by atoms with E-state index in [0.29, 0.717) is 49.7 Å². The molecular formula is C19H25FN4O3. The highest BCUT2D eigenvalue weighted by Gasteiger charge is 2.28. The Labute approximate surface area is 157 Å². The van der Waals surface area contributed by atoms with Gasteiger partial charge < -0.3 is 14.9 Å². The van der Waals surface area contributed by atoms with Gasteiger partial charge in [0, 0.05) is 50.5 Å². The van der Waals surface area contributed by atoms with Gasteiger partial charge in [0.2, 0.25) is 5.91 Å². The summed E-state index contributed by atoms with van der Waals surface area (Å²) in [5.74, 6) is 0.663. The van der Waals surface area contributed by atoms with Gasteiger partial charge in [0.1, 0.15) is 11.6 Å². The van der Waals surface area contributed by atoms with Gasteiger partial charge in [0.15, 0.2) is 5.82 Å². The average molecular weight is 376 g/mol. The van der Waals surface area contributed by atoms with E-state index in [0.717, 1.165) is 0 Å². The van der Waals surface area contributed by atoms with Crippen molar-refractivity contribution in [1.29, 1.82) is 0 Å². The van der Waals surface area contributed by atoms with Gasteiger partial charge in [0.25, 0.3) is 0 Å². The van der Waals surface area contributed by atoms with Crippen LogP contribution < -0.4 is 5.32 Å². The number of nitrogens with one attached hydrogen (secondary N) is 1. The number of piperazine rings is 1. The number of aromatic nitrogens is 1. The summed E-state index contributed by atoms with van der Waals surface area (Å²) in [7, 11) is 0. The Balaban J connectivity index is 1.56. The molecule has 1 amide bonds. The van der Waals surface area contributed by atoms with Crippen LogP contribution in [0.2, 0.25) is 0 Å². The zero-order chi connectivity index (χ0) is 19.2. The van der Waals surface area contributed by atoms with Crippen molar-refractivity contribution < 1.29 is 18.8 Å². The fourth-order valence-electron chi connectivity index (χ4n) is 3.39. The van der Waals surface area contributed by atoms with E-state index in [9.17, 15) is 14.3 Å². The highest BCUT2D eigenvalue weighted by Crippen LogP contribution is 2.18. The summed E-state index contributed by atoms with van der Waals surface area (Å²) < 4.78 is 18.9. The van der Waals surface area contributed by atoms with Crippen LogP contribution in [0.4, 0.5) is 10.2 Å². The zero-order valence-electron chi connectivity index (χ0n) is 15.4. The number of aliphatic hydroxyl groups is 1. The van der Waals surface area contributed by atoms with Crippen LogP contribution in [0.5, 0.6) is 0 Å². The van der Waals surface area contributed by atoms with E-state index >= 15 is 0 Å². The summed E-state index contributed by atoms with van der Waals surface area (Å²) >= 11 is 0. The second-order valence-corrected chi connectivity index (χ2v) is 6.83. The Hall–Kier alpha value is -2.29. The Morgan fingerprint density at radius 2 is 2.22 bits per heavy atom. The molecule has 27 heavy (non-hydrogen) atoms. The number of amides is 1. The Bertz CT molecular complexity index is 767. The minimum atomic E-state index is -0.218. The maximum atomic E-state index is 14.0. The largest absolute Gasteiger partial charge is 0.396 e. The van der Waals surface area contributed by atoms with E-state index in [1.54, 1.807) is 25.1 Å². The van der Waals surface area contributed by atoms with E-state index in [4.69, 9.17) is 4.52 Å². The smallest absolute Gasteiger partial charge is 0.239 e. The van der Waals surface area contributed by atoms with Crippen LogP contribution in [0.3, 0.4) is 0 Å². The van der Waals surface area contributed by atoms with Crippen LogP contribution in [-0.4, -0.2) is 64.8 Å². The van der Waals surface area contributed by atoms with Crippen LogP contribution in [0.15, 0.2) is 34.9 Å². The van der Waals surface area contributed by atoms with E-state index in [1.165, 1.54) is 6.07 Å². The molecule has 1 atom stereocenters. The summed E-state index contributed by atoms with van der Waals surface area (Å²) in [6.07, 6.45) is 0.578. The molecule has 1 aromatic heterocycles.